The molecule has 4 heterocycles. The molecule has 0 spiro atoms. The topological polar surface area (TPSA) is 136 Å². The molecule has 1 atom stereocenters. The van der Waals surface area contributed by atoms with Gasteiger partial charge in [-0.2, -0.15) is 0 Å². The van der Waals surface area contributed by atoms with E-state index in [0.717, 1.165) is 23.1 Å². The Bertz CT molecular complexity index is 1910. The lowest BCUT2D eigenvalue weighted by Gasteiger charge is -2.15. The molecule has 1 fully saturated rings. The maximum atomic E-state index is 11.5. The lowest BCUT2D eigenvalue weighted by Crippen LogP contribution is -2.35. The number of nitrogens with one attached hydrogen (secondary N) is 3. The number of nitrogens with zero attached hydrogens (tertiary/aromatic N) is 5. The molecule has 1 saturated heterocycles. The second-order valence-corrected chi connectivity index (χ2v) is 11.9. The molecule has 48 heavy (non-hydrogen) atoms. The number of methoxy groups -OCH3 is 2. The van der Waals surface area contributed by atoms with Crippen LogP contribution in [0.3, 0.4) is 0 Å². The van der Waals surface area contributed by atoms with E-state index < -0.39 is 0 Å². The number of amides is 1. The van der Waals surface area contributed by atoms with Crippen LogP contribution in [0.2, 0.25) is 10.0 Å². The van der Waals surface area contributed by atoms with Gasteiger partial charge in [-0.1, -0.05) is 59.6 Å². The van der Waals surface area contributed by atoms with E-state index in [1.54, 1.807) is 39.0 Å². The summed E-state index contributed by atoms with van der Waals surface area (Å²) in [4.78, 5) is 34.3. The highest BCUT2D eigenvalue weighted by molar-refractivity contribution is 6.39. The predicted molar refractivity (Wildman–Crippen MR) is 185 cm³/mol. The SMILES string of the molecule is COc1nc(-c2cccc(-c3cccc(-c4cnc(CNCC5CCC(=O)N5)c(OC)n4)c3Cl)c2Cl)cnc1CNCc1ccncc1. The fourth-order valence-corrected chi connectivity index (χ4v) is 6.17. The van der Waals surface area contributed by atoms with Gasteiger partial charge < -0.3 is 25.4 Å². The third-order valence-electron chi connectivity index (χ3n) is 7.99. The molecular formula is C35H34Cl2N8O3. The molecule has 1 aliphatic rings. The maximum Gasteiger partial charge on any atom is 0.237 e. The fourth-order valence-electron chi connectivity index (χ4n) is 5.52. The highest BCUT2D eigenvalue weighted by Crippen LogP contribution is 2.42. The van der Waals surface area contributed by atoms with Crippen LogP contribution < -0.4 is 25.4 Å². The molecule has 5 aromatic rings. The molecule has 6 rings (SSSR count). The Balaban J connectivity index is 1.21. The number of halogens is 2. The second-order valence-electron chi connectivity index (χ2n) is 11.1. The first kappa shape index (κ1) is 33.2. The zero-order chi connectivity index (χ0) is 33.5. The molecule has 246 valence electrons. The van der Waals surface area contributed by atoms with Crippen LogP contribution in [0, 0.1) is 0 Å². The number of benzene rings is 2. The minimum absolute atomic E-state index is 0.0835. The van der Waals surface area contributed by atoms with E-state index in [9.17, 15) is 4.79 Å². The Hall–Kier alpha value is -4.68. The van der Waals surface area contributed by atoms with Gasteiger partial charge in [-0.15, -0.1) is 0 Å². The van der Waals surface area contributed by atoms with Crippen molar-refractivity contribution in [1.82, 2.24) is 40.9 Å². The van der Waals surface area contributed by atoms with Crippen LogP contribution in [0.15, 0.2) is 73.3 Å². The number of pyridine rings is 1. The molecule has 13 heteroatoms. The van der Waals surface area contributed by atoms with Crippen molar-refractivity contribution in [3.8, 4) is 45.4 Å². The summed E-state index contributed by atoms with van der Waals surface area (Å²) in [5, 5.41) is 10.6. The monoisotopic (exact) mass is 684 g/mol. The number of ether oxygens (including phenoxy) is 2. The summed E-state index contributed by atoms with van der Waals surface area (Å²) in [6.45, 7) is 2.21. The normalized spacial score (nSPS) is 14.2. The molecular weight excluding hydrogens is 651 g/mol. The van der Waals surface area contributed by atoms with E-state index in [2.05, 4.69) is 30.9 Å². The van der Waals surface area contributed by atoms with E-state index in [4.69, 9.17) is 42.6 Å². The van der Waals surface area contributed by atoms with Crippen molar-refractivity contribution < 1.29 is 14.3 Å². The lowest BCUT2D eigenvalue weighted by molar-refractivity contribution is -0.119. The molecule has 2 aromatic carbocycles. The molecule has 0 aliphatic carbocycles. The summed E-state index contributed by atoms with van der Waals surface area (Å²) in [5.41, 5.74) is 6.39. The highest BCUT2D eigenvalue weighted by atomic mass is 35.5. The van der Waals surface area contributed by atoms with Crippen molar-refractivity contribution in [2.24, 2.45) is 0 Å². The fraction of sp³-hybridized carbons (Fsp3) is 0.257. The molecule has 1 amide bonds. The van der Waals surface area contributed by atoms with Crippen LogP contribution in [0.1, 0.15) is 29.8 Å². The summed E-state index contributed by atoms with van der Waals surface area (Å²) in [6.07, 6.45) is 8.26. The Labute approximate surface area is 288 Å². The standard InChI is InChI=1S/C35H34Cl2N8O3/c1-47-34-29(17-39-15-21-11-13-38-14-12-21)41-19-27(44-34)25-7-3-5-23(32(25)36)24-6-4-8-26(33(24)37)28-20-42-30(35(45-28)48-2)18-40-16-22-9-10-31(46)43-22/h3-8,11-14,19-20,22,39-40H,9-10,15-18H2,1-2H3,(H,43,46). The molecule has 0 bridgehead atoms. The summed E-state index contributed by atoms with van der Waals surface area (Å²) in [7, 11) is 3.13. The van der Waals surface area contributed by atoms with Crippen LogP contribution >= 0.6 is 23.2 Å². The summed E-state index contributed by atoms with van der Waals surface area (Å²) < 4.78 is 11.2. The zero-order valence-electron chi connectivity index (χ0n) is 26.5. The highest BCUT2D eigenvalue weighted by Gasteiger charge is 2.21. The molecule has 3 aromatic heterocycles. The van der Waals surface area contributed by atoms with Crippen LogP contribution in [-0.4, -0.2) is 57.6 Å². The van der Waals surface area contributed by atoms with Crippen LogP contribution in [0.4, 0.5) is 0 Å². The van der Waals surface area contributed by atoms with E-state index in [-0.39, 0.29) is 11.9 Å². The van der Waals surface area contributed by atoms with Gasteiger partial charge in [0.15, 0.2) is 0 Å². The quantitative estimate of drug-likeness (QED) is 0.143. The van der Waals surface area contributed by atoms with Gasteiger partial charge in [-0.3, -0.25) is 19.7 Å². The number of rotatable bonds is 13. The van der Waals surface area contributed by atoms with E-state index >= 15 is 0 Å². The molecule has 1 unspecified atom stereocenters. The van der Waals surface area contributed by atoms with Gasteiger partial charge in [0.2, 0.25) is 17.7 Å². The summed E-state index contributed by atoms with van der Waals surface area (Å²) in [5.74, 6) is 0.883. The molecule has 3 N–H and O–H groups in total. The number of carbonyl (C=O) groups excluding carboxylic acids is 1. The van der Waals surface area contributed by atoms with Gasteiger partial charge in [-0.25, -0.2) is 9.97 Å². The first-order valence-electron chi connectivity index (χ1n) is 15.4. The Morgan fingerprint density at radius 1 is 0.771 bits per heavy atom. The summed E-state index contributed by atoms with van der Waals surface area (Å²) in [6, 6.07) is 15.4. The average molecular weight is 686 g/mol. The van der Waals surface area contributed by atoms with Crippen molar-refractivity contribution in [3.05, 3.63) is 100 Å². The zero-order valence-corrected chi connectivity index (χ0v) is 28.0. The van der Waals surface area contributed by atoms with Crippen LogP contribution in [0.25, 0.3) is 33.6 Å². The Morgan fingerprint density at radius 3 is 1.83 bits per heavy atom. The van der Waals surface area contributed by atoms with Gasteiger partial charge in [0.05, 0.1) is 48.0 Å². The Morgan fingerprint density at radius 2 is 1.31 bits per heavy atom. The number of hydrogen-bond donors (Lipinski definition) is 3. The van der Waals surface area contributed by atoms with Crippen molar-refractivity contribution >= 4 is 29.1 Å². The molecule has 0 radical (unpaired) electrons. The summed E-state index contributed by atoms with van der Waals surface area (Å²) >= 11 is 14.1. The third-order valence-corrected chi connectivity index (χ3v) is 8.80. The van der Waals surface area contributed by atoms with E-state index in [0.29, 0.717) is 88.3 Å². The van der Waals surface area contributed by atoms with E-state index in [1.165, 1.54) is 0 Å². The number of carbonyl (C=O) groups is 1. The smallest absolute Gasteiger partial charge is 0.237 e. The molecule has 11 nitrogen and oxygen atoms in total. The van der Waals surface area contributed by atoms with Crippen LogP contribution in [0.5, 0.6) is 11.8 Å². The first-order chi connectivity index (χ1) is 23.4. The van der Waals surface area contributed by atoms with Gasteiger partial charge in [0.25, 0.3) is 0 Å². The van der Waals surface area contributed by atoms with Gasteiger partial charge in [0.1, 0.15) is 11.4 Å². The van der Waals surface area contributed by atoms with Crippen molar-refractivity contribution in [2.75, 3.05) is 20.8 Å². The van der Waals surface area contributed by atoms with Crippen molar-refractivity contribution in [1.29, 1.82) is 0 Å². The first-order valence-corrected chi connectivity index (χ1v) is 16.2. The largest absolute Gasteiger partial charge is 0.480 e. The average Bonchev–Trinajstić information content (AvgIpc) is 3.54. The van der Waals surface area contributed by atoms with Gasteiger partial charge in [-0.05, 0) is 24.1 Å². The van der Waals surface area contributed by atoms with Crippen molar-refractivity contribution in [3.63, 3.8) is 0 Å². The number of hydrogen-bond acceptors (Lipinski definition) is 10. The second kappa shape index (κ2) is 15.5. The van der Waals surface area contributed by atoms with Crippen LogP contribution in [-0.2, 0) is 24.4 Å². The molecule has 0 saturated carbocycles. The van der Waals surface area contributed by atoms with Gasteiger partial charge in [0, 0.05) is 73.3 Å². The Kier molecular flexibility index (Phi) is 10.7. The minimum Gasteiger partial charge on any atom is -0.480 e. The number of aromatic nitrogens is 5. The third kappa shape index (κ3) is 7.55. The maximum absolute atomic E-state index is 11.5. The van der Waals surface area contributed by atoms with Crippen molar-refractivity contribution in [2.45, 2.75) is 38.5 Å². The van der Waals surface area contributed by atoms with Gasteiger partial charge >= 0.3 is 0 Å². The predicted octanol–water partition coefficient (Wildman–Crippen LogP) is 5.64. The lowest BCUT2D eigenvalue weighted by atomic mass is 9.98. The van der Waals surface area contributed by atoms with E-state index in [1.807, 2.05) is 48.5 Å². The molecule has 1 aliphatic heterocycles. The minimum atomic E-state index is 0.0835.